The summed E-state index contributed by atoms with van der Waals surface area (Å²) >= 11 is 0. The fourth-order valence-electron chi connectivity index (χ4n) is 3.37. The first-order chi connectivity index (χ1) is 14.3. The van der Waals surface area contributed by atoms with E-state index in [1.165, 1.54) is 6.07 Å². The molecule has 3 amide bonds. The highest BCUT2D eigenvalue weighted by atomic mass is 19.1. The van der Waals surface area contributed by atoms with Gasteiger partial charge in [-0.15, -0.1) is 0 Å². The van der Waals surface area contributed by atoms with Crippen LogP contribution in [0.25, 0.3) is 0 Å². The number of anilines is 1. The van der Waals surface area contributed by atoms with Crippen LogP contribution in [0.5, 0.6) is 0 Å². The van der Waals surface area contributed by atoms with Crippen molar-refractivity contribution in [2.75, 3.05) is 25.0 Å². The second kappa shape index (κ2) is 9.60. The van der Waals surface area contributed by atoms with Crippen molar-refractivity contribution in [3.05, 3.63) is 65.2 Å². The van der Waals surface area contributed by atoms with E-state index in [9.17, 15) is 27.2 Å². The molecule has 1 fully saturated rings. The van der Waals surface area contributed by atoms with Crippen LogP contribution in [0.1, 0.15) is 29.6 Å². The number of nitrogens with zero attached hydrogens (tertiary/aromatic N) is 1. The van der Waals surface area contributed by atoms with Gasteiger partial charge >= 0.3 is 6.03 Å². The number of hydrogen-bond donors (Lipinski definition) is 2. The molecule has 0 radical (unpaired) electrons. The van der Waals surface area contributed by atoms with Crippen molar-refractivity contribution in [1.82, 2.24) is 10.2 Å². The quantitative estimate of drug-likeness (QED) is 0.705. The summed E-state index contributed by atoms with van der Waals surface area (Å²) in [7, 11) is 0. The number of nitrogens with one attached hydrogen (secondary N) is 2. The lowest BCUT2D eigenvalue weighted by Gasteiger charge is -2.32. The van der Waals surface area contributed by atoms with Gasteiger partial charge in [0.25, 0.3) is 5.91 Å². The summed E-state index contributed by atoms with van der Waals surface area (Å²) in [6.45, 7) is 1.20. The molecular weight excluding hydrogens is 402 g/mol. The second-order valence-corrected chi connectivity index (χ2v) is 7.15. The number of piperidine rings is 1. The number of carbonyl (C=O) groups excluding carboxylic acids is 2. The molecule has 160 valence electrons. The Morgan fingerprint density at radius 1 is 0.933 bits per heavy atom. The van der Waals surface area contributed by atoms with Crippen LogP contribution in [0, 0.1) is 29.2 Å². The zero-order chi connectivity index (χ0) is 21.7. The van der Waals surface area contributed by atoms with Crippen LogP contribution in [0.15, 0.2) is 36.4 Å². The number of amides is 3. The molecular formula is C21H21F4N3O2. The Kier molecular flexibility index (Phi) is 6.91. The minimum atomic E-state index is -0.844. The van der Waals surface area contributed by atoms with Crippen molar-refractivity contribution < 1.29 is 27.2 Å². The van der Waals surface area contributed by atoms with Gasteiger partial charge in [0.15, 0.2) is 0 Å². The van der Waals surface area contributed by atoms with Gasteiger partial charge in [-0.25, -0.2) is 22.4 Å². The minimum Gasteiger partial charge on any atom is -0.352 e. The molecule has 0 saturated carbocycles. The summed E-state index contributed by atoms with van der Waals surface area (Å²) in [6, 6.07) is 5.17. The SMILES string of the molecule is O=C(NCCC1CCN(C(=O)Nc2ccc(F)cc2F)CC1)c1cc(F)ccc1F. The van der Waals surface area contributed by atoms with Gasteiger partial charge in [-0.05, 0) is 55.5 Å². The van der Waals surface area contributed by atoms with Crippen molar-refractivity contribution >= 4 is 17.6 Å². The van der Waals surface area contributed by atoms with Crippen molar-refractivity contribution in [3.63, 3.8) is 0 Å². The summed E-state index contributed by atoms with van der Waals surface area (Å²) in [5.74, 6) is -3.47. The first kappa shape index (κ1) is 21.6. The molecule has 3 rings (SSSR count). The third-order valence-electron chi connectivity index (χ3n) is 5.09. The van der Waals surface area contributed by atoms with Crippen molar-refractivity contribution in [1.29, 1.82) is 0 Å². The number of likely N-dealkylation sites (tertiary alicyclic amines) is 1. The predicted octanol–water partition coefficient (Wildman–Crippen LogP) is 4.31. The fourth-order valence-corrected chi connectivity index (χ4v) is 3.37. The molecule has 0 aromatic heterocycles. The highest BCUT2D eigenvalue weighted by molar-refractivity contribution is 5.94. The zero-order valence-electron chi connectivity index (χ0n) is 16.1. The van der Waals surface area contributed by atoms with Gasteiger partial charge in [0.05, 0.1) is 11.3 Å². The molecule has 5 nitrogen and oxygen atoms in total. The van der Waals surface area contributed by atoms with Gasteiger partial charge in [-0.2, -0.15) is 0 Å². The number of urea groups is 1. The predicted molar refractivity (Wildman–Crippen MR) is 103 cm³/mol. The molecule has 9 heteroatoms. The molecule has 0 unspecified atom stereocenters. The number of rotatable bonds is 5. The molecule has 1 heterocycles. The third-order valence-corrected chi connectivity index (χ3v) is 5.09. The Bertz CT molecular complexity index is 930. The van der Waals surface area contributed by atoms with Crippen molar-refractivity contribution in [2.24, 2.45) is 5.92 Å². The second-order valence-electron chi connectivity index (χ2n) is 7.15. The van der Waals surface area contributed by atoms with Gasteiger partial charge in [0, 0.05) is 25.7 Å². The van der Waals surface area contributed by atoms with E-state index in [4.69, 9.17) is 0 Å². The van der Waals surface area contributed by atoms with E-state index in [2.05, 4.69) is 10.6 Å². The highest BCUT2D eigenvalue weighted by Crippen LogP contribution is 2.22. The fraction of sp³-hybridized carbons (Fsp3) is 0.333. The van der Waals surface area contributed by atoms with Crippen LogP contribution in [0.2, 0.25) is 0 Å². The van der Waals surface area contributed by atoms with Gasteiger partial charge in [0.2, 0.25) is 0 Å². The maximum atomic E-state index is 13.7. The maximum absolute atomic E-state index is 13.7. The first-order valence-electron chi connectivity index (χ1n) is 9.57. The standard InChI is InChI=1S/C21H21F4N3O2/c22-14-1-3-17(24)16(11-14)20(29)26-8-5-13-6-9-28(10-7-13)21(30)27-19-4-2-15(23)12-18(19)25/h1-4,11-13H,5-10H2,(H,26,29)(H,27,30). The van der Waals surface area contributed by atoms with Gasteiger partial charge < -0.3 is 15.5 Å². The molecule has 30 heavy (non-hydrogen) atoms. The minimum absolute atomic E-state index is 0.0872. The molecule has 2 aromatic carbocycles. The van der Waals surface area contributed by atoms with Crippen molar-refractivity contribution in [2.45, 2.75) is 19.3 Å². The molecule has 0 atom stereocenters. The topological polar surface area (TPSA) is 61.4 Å². The summed E-state index contributed by atoms with van der Waals surface area (Å²) in [4.78, 5) is 25.8. The molecule has 2 aromatic rings. The lowest BCUT2D eigenvalue weighted by molar-refractivity contribution is 0.0945. The summed E-state index contributed by atoms with van der Waals surface area (Å²) in [5.41, 5.74) is -0.426. The Morgan fingerprint density at radius 3 is 2.30 bits per heavy atom. The van der Waals surface area contributed by atoms with Gasteiger partial charge in [-0.3, -0.25) is 4.79 Å². The Labute approximate surface area is 171 Å². The van der Waals surface area contributed by atoms with E-state index in [0.29, 0.717) is 45.0 Å². The zero-order valence-corrected chi connectivity index (χ0v) is 16.1. The monoisotopic (exact) mass is 423 g/mol. The van der Waals surface area contributed by atoms with E-state index in [0.717, 1.165) is 24.3 Å². The first-order valence-corrected chi connectivity index (χ1v) is 9.57. The van der Waals surface area contributed by atoms with E-state index in [-0.39, 0.29) is 17.2 Å². The Hall–Kier alpha value is -3.10. The lowest BCUT2D eigenvalue weighted by Crippen LogP contribution is -2.41. The molecule has 2 N–H and O–H groups in total. The number of halogens is 4. The molecule has 1 aliphatic heterocycles. The molecule has 1 aliphatic rings. The van der Waals surface area contributed by atoms with Crippen LogP contribution >= 0.6 is 0 Å². The van der Waals surface area contributed by atoms with Crippen LogP contribution in [0.4, 0.5) is 28.0 Å². The third kappa shape index (κ3) is 5.49. The molecule has 1 saturated heterocycles. The average molecular weight is 423 g/mol. The van der Waals surface area contributed by atoms with E-state index in [1.54, 1.807) is 4.90 Å². The van der Waals surface area contributed by atoms with Crippen LogP contribution < -0.4 is 10.6 Å². The average Bonchev–Trinajstić information content (AvgIpc) is 2.72. The van der Waals surface area contributed by atoms with Crippen LogP contribution in [-0.4, -0.2) is 36.5 Å². The van der Waals surface area contributed by atoms with Gasteiger partial charge in [-0.1, -0.05) is 0 Å². The molecule has 0 bridgehead atoms. The molecule has 0 aliphatic carbocycles. The largest absolute Gasteiger partial charge is 0.352 e. The van der Waals surface area contributed by atoms with Crippen LogP contribution in [0.3, 0.4) is 0 Å². The Balaban J connectivity index is 1.41. The number of hydrogen-bond acceptors (Lipinski definition) is 2. The van der Waals surface area contributed by atoms with E-state index in [1.807, 2.05) is 0 Å². The van der Waals surface area contributed by atoms with Gasteiger partial charge in [0.1, 0.15) is 23.3 Å². The van der Waals surface area contributed by atoms with Crippen molar-refractivity contribution in [3.8, 4) is 0 Å². The summed E-state index contributed by atoms with van der Waals surface area (Å²) in [5, 5.41) is 5.01. The lowest BCUT2D eigenvalue weighted by atomic mass is 9.93. The van der Waals surface area contributed by atoms with E-state index >= 15 is 0 Å². The number of carbonyl (C=O) groups is 2. The smallest absolute Gasteiger partial charge is 0.321 e. The van der Waals surface area contributed by atoms with Crippen LogP contribution in [-0.2, 0) is 0 Å². The van der Waals surface area contributed by atoms with E-state index < -0.39 is 35.2 Å². The summed E-state index contributed by atoms with van der Waals surface area (Å²) < 4.78 is 53.4. The Morgan fingerprint density at radius 2 is 1.60 bits per heavy atom. The molecule has 0 spiro atoms. The highest BCUT2D eigenvalue weighted by Gasteiger charge is 2.23. The maximum Gasteiger partial charge on any atom is 0.321 e. The summed E-state index contributed by atoms with van der Waals surface area (Å²) in [6.07, 6.45) is 2.00. The normalized spacial score (nSPS) is 14.5. The number of benzene rings is 2.